The van der Waals surface area contributed by atoms with Crippen LogP contribution in [-0.4, -0.2) is 38.6 Å². The third kappa shape index (κ3) is 5.33. The fraction of sp³-hybridized carbons (Fsp3) is 0.600. The molecule has 1 rings (SSSR count). The quantitative estimate of drug-likeness (QED) is 0.680. The van der Waals surface area contributed by atoms with Gasteiger partial charge >= 0.3 is 0 Å². The highest BCUT2D eigenvalue weighted by Crippen LogP contribution is 2.30. The normalized spacial score (nSPS) is 11.4. The number of benzene rings is 1. The van der Waals surface area contributed by atoms with Gasteiger partial charge in [0.2, 0.25) is 0 Å². The summed E-state index contributed by atoms with van der Waals surface area (Å²) in [7, 11) is 4.22. The molecule has 19 heavy (non-hydrogen) atoms. The van der Waals surface area contributed by atoms with E-state index in [-0.39, 0.29) is 0 Å². The van der Waals surface area contributed by atoms with Crippen molar-refractivity contribution in [2.24, 2.45) is 5.92 Å². The number of anilines is 1. The molecule has 0 unspecified atom stereocenters. The highest BCUT2D eigenvalue weighted by molar-refractivity contribution is 9.08. The molecule has 108 valence electrons. The predicted molar refractivity (Wildman–Crippen MR) is 89.7 cm³/mol. The summed E-state index contributed by atoms with van der Waals surface area (Å²) < 4.78 is 0. The number of alkyl halides is 1. The van der Waals surface area contributed by atoms with E-state index in [4.69, 9.17) is 11.6 Å². The van der Waals surface area contributed by atoms with Crippen molar-refractivity contribution in [1.82, 2.24) is 4.90 Å². The average Bonchev–Trinajstić information content (AvgIpc) is 2.33. The van der Waals surface area contributed by atoms with E-state index in [0.29, 0.717) is 5.92 Å². The summed E-state index contributed by atoms with van der Waals surface area (Å²) in [5.74, 6) is 0.629. The van der Waals surface area contributed by atoms with Crippen molar-refractivity contribution < 1.29 is 0 Å². The van der Waals surface area contributed by atoms with E-state index in [9.17, 15) is 0 Å². The van der Waals surface area contributed by atoms with Crippen LogP contribution in [-0.2, 0) is 5.33 Å². The zero-order valence-electron chi connectivity index (χ0n) is 12.3. The van der Waals surface area contributed by atoms with Crippen LogP contribution in [0.25, 0.3) is 0 Å². The molecule has 0 radical (unpaired) electrons. The minimum Gasteiger partial charge on any atom is -0.370 e. The fourth-order valence-corrected chi connectivity index (χ4v) is 3.03. The van der Waals surface area contributed by atoms with E-state index >= 15 is 0 Å². The van der Waals surface area contributed by atoms with Gasteiger partial charge in [0.05, 0.1) is 0 Å². The van der Waals surface area contributed by atoms with E-state index < -0.39 is 0 Å². The Morgan fingerprint density at radius 2 is 1.89 bits per heavy atom. The van der Waals surface area contributed by atoms with Gasteiger partial charge in [-0.25, -0.2) is 0 Å². The first-order valence-electron chi connectivity index (χ1n) is 6.68. The third-order valence-electron chi connectivity index (χ3n) is 2.97. The number of likely N-dealkylation sites (N-methyl/N-ethyl adjacent to an activating group) is 1. The third-order valence-corrected chi connectivity index (χ3v) is 3.89. The standard InChI is InChI=1S/C15H24BrClN2/c1-12(2)11-19(9-8-18(3)4)15-7-5-6-14(17)13(15)10-16/h5-7,12H,8-11H2,1-4H3. The van der Waals surface area contributed by atoms with E-state index in [1.165, 1.54) is 11.3 Å². The Morgan fingerprint density at radius 1 is 1.21 bits per heavy atom. The Labute approximate surface area is 130 Å². The van der Waals surface area contributed by atoms with Crippen molar-refractivity contribution in [1.29, 1.82) is 0 Å². The lowest BCUT2D eigenvalue weighted by molar-refractivity contribution is 0.409. The monoisotopic (exact) mass is 346 g/mol. The van der Waals surface area contributed by atoms with Crippen molar-refractivity contribution >= 4 is 33.2 Å². The molecule has 0 aliphatic heterocycles. The summed E-state index contributed by atoms with van der Waals surface area (Å²) in [5.41, 5.74) is 2.43. The highest BCUT2D eigenvalue weighted by Gasteiger charge is 2.14. The minimum atomic E-state index is 0.629. The molecule has 0 saturated carbocycles. The maximum atomic E-state index is 6.31. The molecule has 0 aromatic heterocycles. The van der Waals surface area contributed by atoms with Gasteiger partial charge in [-0.05, 0) is 32.1 Å². The molecule has 0 fully saturated rings. The Hall–Kier alpha value is -0.250. The Balaban J connectivity index is 2.98. The smallest absolute Gasteiger partial charge is 0.0467 e. The molecule has 0 atom stereocenters. The van der Waals surface area contributed by atoms with Crippen LogP contribution < -0.4 is 4.90 Å². The molecule has 0 saturated heterocycles. The summed E-state index contributed by atoms with van der Waals surface area (Å²) in [4.78, 5) is 4.65. The lowest BCUT2D eigenvalue weighted by Gasteiger charge is -2.30. The van der Waals surface area contributed by atoms with E-state index in [1.807, 2.05) is 12.1 Å². The molecule has 0 aliphatic rings. The van der Waals surface area contributed by atoms with Crippen LogP contribution in [0.2, 0.25) is 5.02 Å². The van der Waals surface area contributed by atoms with Crippen LogP contribution >= 0.6 is 27.5 Å². The van der Waals surface area contributed by atoms with Crippen LogP contribution in [0.1, 0.15) is 19.4 Å². The maximum Gasteiger partial charge on any atom is 0.0467 e. The second-order valence-corrected chi connectivity index (χ2v) is 6.48. The summed E-state index contributed by atoms with van der Waals surface area (Å²) in [6, 6.07) is 6.16. The Kier molecular flexibility index (Phi) is 7.19. The Bertz CT molecular complexity index is 394. The molecule has 4 heteroatoms. The van der Waals surface area contributed by atoms with Gasteiger partial charge in [-0.3, -0.25) is 0 Å². The van der Waals surface area contributed by atoms with Crippen LogP contribution in [0, 0.1) is 5.92 Å². The topological polar surface area (TPSA) is 6.48 Å². The summed E-state index contributed by atoms with van der Waals surface area (Å²) in [5, 5.41) is 1.63. The van der Waals surface area contributed by atoms with Crippen molar-refractivity contribution in [2.75, 3.05) is 38.6 Å². The van der Waals surface area contributed by atoms with Crippen molar-refractivity contribution in [3.05, 3.63) is 28.8 Å². The average molecular weight is 348 g/mol. The number of hydrogen-bond acceptors (Lipinski definition) is 2. The van der Waals surface area contributed by atoms with E-state index in [2.05, 4.69) is 59.7 Å². The zero-order valence-corrected chi connectivity index (χ0v) is 14.6. The number of nitrogens with zero attached hydrogens (tertiary/aromatic N) is 2. The molecule has 0 bridgehead atoms. The molecule has 0 aliphatic carbocycles. The first kappa shape index (κ1) is 16.8. The predicted octanol–water partition coefficient (Wildman–Crippen LogP) is 4.26. The lowest BCUT2D eigenvalue weighted by Crippen LogP contribution is -2.35. The molecule has 0 N–H and O–H groups in total. The van der Waals surface area contributed by atoms with Crippen LogP contribution in [0.15, 0.2) is 18.2 Å². The van der Waals surface area contributed by atoms with Crippen LogP contribution in [0.4, 0.5) is 5.69 Å². The molecule has 0 amide bonds. The number of halogens is 2. The second-order valence-electron chi connectivity index (χ2n) is 5.51. The molecular formula is C15H24BrClN2. The van der Waals surface area contributed by atoms with Gasteiger partial charge in [-0.2, -0.15) is 0 Å². The van der Waals surface area contributed by atoms with Gasteiger partial charge in [-0.15, -0.1) is 0 Å². The number of rotatable bonds is 7. The first-order chi connectivity index (χ1) is 8.95. The van der Waals surface area contributed by atoms with Gasteiger partial charge < -0.3 is 9.80 Å². The van der Waals surface area contributed by atoms with Crippen LogP contribution in [0.3, 0.4) is 0 Å². The summed E-state index contributed by atoms with van der Waals surface area (Å²) in [6.45, 7) is 7.61. The molecule has 1 aromatic carbocycles. The molecule has 2 nitrogen and oxygen atoms in total. The number of hydrogen-bond donors (Lipinski definition) is 0. The molecule has 0 spiro atoms. The lowest BCUT2D eigenvalue weighted by atomic mass is 10.1. The maximum absolute atomic E-state index is 6.31. The minimum absolute atomic E-state index is 0.629. The van der Waals surface area contributed by atoms with E-state index in [1.54, 1.807) is 0 Å². The second kappa shape index (κ2) is 8.13. The van der Waals surface area contributed by atoms with Gasteiger partial charge in [0.1, 0.15) is 0 Å². The summed E-state index contributed by atoms with van der Waals surface area (Å²) in [6.07, 6.45) is 0. The Morgan fingerprint density at radius 3 is 2.42 bits per heavy atom. The SMILES string of the molecule is CC(C)CN(CCN(C)C)c1cccc(Cl)c1CBr. The van der Waals surface area contributed by atoms with E-state index in [0.717, 1.165) is 30.0 Å². The van der Waals surface area contributed by atoms with Crippen molar-refractivity contribution in [2.45, 2.75) is 19.2 Å². The van der Waals surface area contributed by atoms with Gasteiger partial charge in [-0.1, -0.05) is 47.4 Å². The molecule has 1 aromatic rings. The highest BCUT2D eigenvalue weighted by atomic mass is 79.9. The summed E-state index contributed by atoms with van der Waals surface area (Å²) >= 11 is 9.86. The van der Waals surface area contributed by atoms with Crippen LogP contribution in [0.5, 0.6) is 0 Å². The molecular weight excluding hydrogens is 324 g/mol. The molecule has 0 heterocycles. The van der Waals surface area contributed by atoms with Crippen molar-refractivity contribution in [3.63, 3.8) is 0 Å². The first-order valence-corrected chi connectivity index (χ1v) is 8.18. The largest absolute Gasteiger partial charge is 0.370 e. The zero-order chi connectivity index (χ0) is 14.4. The van der Waals surface area contributed by atoms with Gasteiger partial charge in [0, 0.05) is 41.2 Å². The van der Waals surface area contributed by atoms with Crippen molar-refractivity contribution in [3.8, 4) is 0 Å². The fourth-order valence-electron chi connectivity index (χ4n) is 2.05. The van der Waals surface area contributed by atoms with Gasteiger partial charge in [0.15, 0.2) is 0 Å². The van der Waals surface area contributed by atoms with Gasteiger partial charge in [0.25, 0.3) is 0 Å².